The van der Waals surface area contributed by atoms with Crippen LogP contribution in [0.1, 0.15) is 37.7 Å². The highest BCUT2D eigenvalue weighted by Gasteiger charge is 2.41. The highest BCUT2D eigenvalue weighted by atomic mass is 16.3. The third-order valence-electron chi connectivity index (χ3n) is 4.99. The van der Waals surface area contributed by atoms with E-state index in [9.17, 15) is 10.2 Å². The summed E-state index contributed by atoms with van der Waals surface area (Å²) < 4.78 is 0. The van der Waals surface area contributed by atoms with Crippen LogP contribution in [0.25, 0.3) is 0 Å². The average Bonchev–Trinajstić information content (AvgIpc) is 2.79. The molecule has 1 atom stereocenters. The van der Waals surface area contributed by atoms with Gasteiger partial charge in [-0.15, -0.1) is 0 Å². The molecule has 102 valence electrons. The summed E-state index contributed by atoms with van der Waals surface area (Å²) in [6.45, 7) is 0. The van der Waals surface area contributed by atoms with Crippen molar-refractivity contribution in [3.8, 4) is 5.75 Å². The normalized spacial score (nSPS) is 33.9. The second-order valence-electron chi connectivity index (χ2n) is 6.17. The Morgan fingerprint density at radius 2 is 1.79 bits per heavy atom. The number of hydrogen-bond acceptors (Lipinski definition) is 2. The van der Waals surface area contributed by atoms with E-state index in [-0.39, 0.29) is 6.10 Å². The first kappa shape index (κ1) is 12.7. The van der Waals surface area contributed by atoms with Gasteiger partial charge in [-0.2, -0.15) is 0 Å². The quantitative estimate of drug-likeness (QED) is 0.798. The summed E-state index contributed by atoms with van der Waals surface area (Å²) >= 11 is 0. The van der Waals surface area contributed by atoms with E-state index in [1.54, 1.807) is 12.1 Å². The molecule has 0 aromatic heterocycles. The van der Waals surface area contributed by atoms with Crippen molar-refractivity contribution in [2.24, 2.45) is 11.3 Å². The predicted octanol–water partition coefficient (Wildman–Crippen LogP) is 3.43. The SMILES string of the molecule is Oc1ccc(CC2CC=CC23CCC(O)CC3)cc1. The van der Waals surface area contributed by atoms with Gasteiger partial charge < -0.3 is 10.2 Å². The second kappa shape index (κ2) is 5.01. The molecule has 0 amide bonds. The van der Waals surface area contributed by atoms with Gasteiger partial charge in [-0.1, -0.05) is 24.3 Å². The first-order valence-corrected chi connectivity index (χ1v) is 7.32. The molecule has 2 nitrogen and oxygen atoms in total. The van der Waals surface area contributed by atoms with E-state index in [2.05, 4.69) is 12.2 Å². The maximum Gasteiger partial charge on any atom is 0.115 e. The summed E-state index contributed by atoms with van der Waals surface area (Å²) in [5.74, 6) is 0.994. The minimum Gasteiger partial charge on any atom is -0.508 e. The molecule has 0 bridgehead atoms. The van der Waals surface area contributed by atoms with Gasteiger partial charge in [0.05, 0.1) is 6.10 Å². The van der Waals surface area contributed by atoms with Crippen molar-refractivity contribution in [1.82, 2.24) is 0 Å². The number of aromatic hydroxyl groups is 1. The Morgan fingerprint density at radius 3 is 2.47 bits per heavy atom. The van der Waals surface area contributed by atoms with Crippen LogP contribution in [0.4, 0.5) is 0 Å². The van der Waals surface area contributed by atoms with Crippen LogP contribution in [0.15, 0.2) is 36.4 Å². The van der Waals surface area contributed by atoms with Gasteiger partial charge in [0.15, 0.2) is 0 Å². The molecule has 0 heterocycles. The monoisotopic (exact) mass is 258 g/mol. The molecule has 2 aliphatic rings. The molecule has 1 aromatic rings. The third-order valence-corrected chi connectivity index (χ3v) is 4.99. The Hall–Kier alpha value is -1.28. The van der Waals surface area contributed by atoms with Gasteiger partial charge in [-0.25, -0.2) is 0 Å². The molecule has 0 radical (unpaired) electrons. The number of aliphatic hydroxyl groups excluding tert-OH is 1. The van der Waals surface area contributed by atoms with E-state index in [0.29, 0.717) is 17.1 Å². The van der Waals surface area contributed by atoms with Crippen molar-refractivity contribution < 1.29 is 10.2 Å². The molecule has 1 fully saturated rings. The topological polar surface area (TPSA) is 40.5 Å². The van der Waals surface area contributed by atoms with Crippen LogP contribution in [0.3, 0.4) is 0 Å². The van der Waals surface area contributed by atoms with Crippen molar-refractivity contribution in [2.45, 2.75) is 44.6 Å². The summed E-state index contributed by atoms with van der Waals surface area (Å²) in [5, 5.41) is 19.1. The number of hydrogen-bond donors (Lipinski definition) is 2. The Balaban J connectivity index is 1.72. The molecule has 1 saturated carbocycles. The maximum atomic E-state index is 9.71. The van der Waals surface area contributed by atoms with E-state index >= 15 is 0 Å². The molecular formula is C17H22O2. The molecule has 19 heavy (non-hydrogen) atoms. The lowest BCUT2D eigenvalue weighted by Crippen LogP contribution is -2.33. The second-order valence-corrected chi connectivity index (χ2v) is 6.17. The zero-order chi connectivity index (χ0) is 13.3. The molecule has 1 spiro atoms. The molecular weight excluding hydrogens is 236 g/mol. The lowest BCUT2D eigenvalue weighted by Gasteiger charge is -2.40. The third kappa shape index (κ3) is 2.55. The summed E-state index contributed by atoms with van der Waals surface area (Å²) in [6.07, 6.45) is 11.0. The van der Waals surface area contributed by atoms with Crippen LogP contribution in [0, 0.1) is 11.3 Å². The van der Waals surface area contributed by atoms with Gasteiger partial charge in [0.1, 0.15) is 5.75 Å². The Kier molecular flexibility index (Phi) is 3.36. The lowest BCUT2D eigenvalue weighted by molar-refractivity contribution is 0.0607. The van der Waals surface area contributed by atoms with Crippen LogP contribution in [-0.2, 0) is 6.42 Å². The van der Waals surface area contributed by atoms with E-state index < -0.39 is 0 Å². The number of phenolic OH excluding ortho intramolecular Hbond substituents is 1. The highest BCUT2D eigenvalue weighted by molar-refractivity contribution is 5.27. The minimum atomic E-state index is -0.0889. The van der Waals surface area contributed by atoms with Gasteiger partial charge in [0.2, 0.25) is 0 Å². The van der Waals surface area contributed by atoms with Gasteiger partial charge >= 0.3 is 0 Å². The van der Waals surface area contributed by atoms with Crippen molar-refractivity contribution in [3.63, 3.8) is 0 Å². The van der Waals surface area contributed by atoms with Crippen molar-refractivity contribution in [3.05, 3.63) is 42.0 Å². The van der Waals surface area contributed by atoms with Gasteiger partial charge in [-0.3, -0.25) is 0 Å². The minimum absolute atomic E-state index is 0.0889. The number of allylic oxidation sites excluding steroid dienone is 2. The zero-order valence-corrected chi connectivity index (χ0v) is 11.3. The molecule has 0 aliphatic heterocycles. The number of phenols is 1. The predicted molar refractivity (Wildman–Crippen MR) is 76.0 cm³/mol. The summed E-state index contributed by atoms with van der Waals surface area (Å²) in [7, 11) is 0. The van der Waals surface area contributed by atoms with Crippen LogP contribution in [-0.4, -0.2) is 16.3 Å². The van der Waals surface area contributed by atoms with Crippen LogP contribution in [0.2, 0.25) is 0 Å². The van der Waals surface area contributed by atoms with Crippen molar-refractivity contribution >= 4 is 0 Å². The molecule has 1 unspecified atom stereocenters. The molecule has 3 rings (SSSR count). The fourth-order valence-corrected chi connectivity index (χ4v) is 3.76. The molecule has 2 aliphatic carbocycles. The van der Waals surface area contributed by atoms with E-state index in [1.165, 1.54) is 5.56 Å². The van der Waals surface area contributed by atoms with Crippen LogP contribution < -0.4 is 0 Å². The van der Waals surface area contributed by atoms with Gasteiger partial charge in [0.25, 0.3) is 0 Å². The number of benzene rings is 1. The van der Waals surface area contributed by atoms with E-state index in [1.807, 2.05) is 12.1 Å². The highest BCUT2D eigenvalue weighted by Crippen LogP contribution is 2.50. The van der Waals surface area contributed by atoms with Crippen LogP contribution in [0.5, 0.6) is 5.75 Å². The maximum absolute atomic E-state index is 9.71. The fraction of sp³-hybridized carbons (Fsp3) is 0.529. The number of rotatable bonds is 2. The first-order chi connectivity index (χ1) is 9.18. The van der Waals surface area contributed by atoms with Gasteiger partial charge in [-0.05, 0) is 67.6 Å². The lowest BCUT2D eigenvalue weighted by atomic mass is 9.66. The smallest absolute Gasteiger partial charge is 0.115 e. The van der Waals surface area contributed by atoms with E-state index in [4.69, 9.17) is 0 Å². The molecule has 0 saturated heterocycles. The molecule has 2 N–H and O–H groups in total. The molecule has 2 heteroatoms. The summed E-state index contributed by atoms with van der Waals surface area (Å²) in [6, 6.07) is 7.60. The molecule has 1 aromatic carbocycles. The van der Waals surface area contributed by atoms with Crippen molar-refractivity contribution in [2.75, 3.05) is 0 Å². The summed E-state index contributed by atoms with van der Waals surface area (Å²) in [4.78, 5) is 0. The fourth-order valence-electron chi connectivity index (χ4n) is 3.76. The summed E-state index contributed by atoms with van der Waals surface area (Å²) in [5.41, 5.74) is 1.62. The van der Waals surface area contributed by atoms with Gasteiger partial charge in [0, 0.05) is 0 Å². The average molecular weight is 258 g/mol. The Labute approximate surface area is 114 Å². The Morgan fingerprint density at radius 1 is 1.11 bits per heavy atom. The van der Waals surface area contributed by atoms with E-state index in [0.717, 1.165) is 38.5 Å². The standard InChI is InChI=1S/C17H22O2/c18-15-5-3-13(4-6-15)12-14-2-1-9-17(14)10-7-16(19)8-11-17/h1,3-6,9,14,16,18-19H,2,7-8,10-12H2. The first-order valence-electron chi connectivity index (χ1n) is 7.32. The largest absolute Gasteiger partial charge is 0.508 e. The van der Waals surface area contributed by atoms with Crippen molar-refractivity contribution in [1.29, 1.82) is 0 Å². The Bertz CT molecular complexity index is 453. The van der Waals surface area contributed by atoms with Crippen LogP contribution >= 0.6 is 0 Å². The number of aliphatic hydroxyl groups is 1. The zero-order valence-electron chi connectivity index (χ0n) is 11.3.